The summed E-state index contributed by atoms with van der Waals surface area (Å²) in [5.41, 5.74) is 6.55. The zero-order valence-corrected chi connectivity index (χ0v) is 7.67. The van der Waals surface area contributed by atoms with Crippen LogP contribution in [-0.2, 0) is 4.79 Å². The number of rotatable bonds is 2. The third-order valence-electron chi connectivity index (χ3n) is 1.61. The summed E-state index contributed by atoms with van der Waals surface area (Å²) in [6, 6.07) is 8.89. The summed E-state index contributed by atoms with van der Waals surface area (Å²) >= 11 is 1.16. The molecule has 0 heterocycles. The highest BCUT2D eigenvalue weighted by molar-refractivity contribution is 8.13. The van der Waals surface area contributed by atoms with Gasteiger partial charge in [0.25, 0.3) is 0 Å². The smallest absolute Gasteiger partial charge is 0.209 e. The van der Waals surface area contributed by atoms with Gasteiger partial charge in [-0.15, -0.1) is 0 Å². The highest BCUT2D eigenvalue weighted by atomic mass is 32.2. The fourth-order valence-electron chi connectivity index (χ4n) is 0.923. The summed E-state index contributed by atoms with van der Waals surface area (Å²) in [6.07, 6.45) is 1.74. The molecule has 1 aromatic carbocycles. The molecule has 0 aliphatic heterocycles. The average molecular weight is 181 g/mol. The molecule has 12 heavy (non-hydrogen) atoms. The van der Waals surface area contributed by atoms with Crippen molar-refractivity contribution in [1.82, 2.24) is 0 Å². The summed E-state index contributed by atoms with van der Waals surface area (Å²) in [7, 11) is 0. The summed E-state index contributed by atoms with van der Waals surface area (Å²) in [5.74, 6) is 0. The SMILES string of the molecule is CSC(=O)C(N)c1ccccc1. The van der Waals surface area contributed by atoms with E-state index in [0.29, 0.717) is 0 Å². The first-order chi connectivity index (χ1) is 5.75. The van der Waals surface area contributed by atoms with E-state index in [1.165, 1.54) is 0 Å². The lowest BCUT2D eigenvalue weighted by molar-refractivity contribution is -0.112. The average Bonchev–Trinajstić information content (AvgIpc) is 2.17. The van der Waals surface area contributed by atoms with Gasteiger partial charge in [0.2, 0.25) is 5.12 Å². The molecule has 1 aromatic rings. The fourth-order valence-corrected chi connectivity index (χ4v) is 1.31. The van der Waals surface area contributed by atoms with E-state index in [0.717, 1.165) is 17.3 Å². The Morgan fingerprint density at radius 1 is 1.42 bits per heavy atom. The summed E-state index contributed by atoms with van der Waals surface area (Å²) < 4.78 is 0. The Hall–Kier alpha value is -0.800. The third kappa shape index (κ3) is 2.09. The molecule has 0 aliphatic carbocycles. The minimum Gasteiger partial charge on any atom is -0.317 e. The summed E-state index contributed by atoms with van der Waals surface area (Å²) in [4.78, 5) is 11.2. The Kier molecular flexibility index (Phi) is 3.31. The van der Waals surface area contributed by atoms with Gasteiger partial charge in [-0.2, -0.15) is 0 Å². The number of hydrogen-bond donors (Lipinski definition) is 1. The van der Waals surface area contributed by atoms with Gasteiger partial charge in [-0.3, -0.25) is 4.79 Å². The molecule has 2 nitrogen and oxygen atoms in total. The van der Waals surface area contributed by atoms with Crippen molar-refractivity contribution < 1.29 is 4.79 Å². The third-order valence-corrected chi connectivity index (χ3v) is 2.27. The van der Waals surface area contributed by atoms with Gasteiger partial charge in [-0.1, -0.05) is 42.1 Å². The molecular weight excluding hydrogens is 170 g/mol. The van der Waals surface area contributed by atoms with E-state index in [1.807, 2.05) is 30.3 Å². The predicted molar refractivity (Wildman–Crippen MR) is 51.9 cm³/mol. The van der Waals surface area contributed by atoms with Crippen molar-refractivity contribution in [2.45, 2.75) is 6.04 Å². The van der Waals surface area contributed by atoms with Crippen molar-refractivity contribution in [2.24, 2.45) is 5.73 Å². The fraction of sp³-hybridized carbons (Fsp3) is 0.222. The minimum absolute atomic E-state index is 0.00111. The van der Waals surface area contributed by atoms with Crippen molar-refractivity contribution >= 4 is 16.9 Å². The van der Waals surface area contributed by atoms with Crippen LogP contribution in [0.25, 0.3) is 0 Å². The first-order valence-corrected chi connectivity index (χ1v) is 4.86. The molecule has 0 aromatic heterocycles. The van der Waals surface area contributed by atoms with Crippen molar-refractivity contribution in [3.05, 3.63) is 35.9 Å². The quantitative estimate of drug-likeness (QED) is 0.753. The van der Waals surface area contributed by atoms with Gasteiger partial charge in [0.05, 0.1) is 6.04 Å². The molecule has 3 heteroatoms. The lowest BCUT2D eigenvalue weighted by atomic mass is 10.1. The molecular formula is C9H11NOS. The van der Waals surface area contributed by atoms with Crippen molar-refractivity contribution in [3.8, 4) is 0 Å². The first-order valence-electron chi connectivity index (χ1n) is 3.64. The van der Waals surface area contributed by atoms with E-state index in [4.69, 9.17) is 5.73 Å². The summed E-state index contributed by atoms with van der Waals surface area (Å²) in [6.45, 7) is 0. The Morgan fingerprint density at radius 3 is 2.50 bits per heavy atom. The molecule has 0 bridgehead atoms. The maximum Gasteiger partial charge on any atom is 0.209 e. The Labute approximate surface area is 76.2 Å². The van der Waals surface area contributed by atoms with Crippen LogP contribution in [0.2, 0.25) is 0 Å². The van der Waals surface area contributed by atoms with Gasteiger partial charge in [0, 0.05) is 0 Å². The van der Waals surface area contributed by atoms with Crippen LogP contribution < -0.4 is 5.73 Å². The van der Waals surface area contributed by atoms with Gasteiger partial charge < -0.3 is 5.73 Å². The largest absolute Gasteiger partial charge is 0.317 e. The van der Waals surface area contributed by atoms with Crippen LogP contribution in [0.3, 0.4) is 0 Å². The topological polar surface area (TPSA) is 43.1 Å². The molecule has 1 rings (SSSR count). The molecule has 0 aliphatic rings. The molecule has 1 atom stereocenters. The van der Waals surface area contributed by atoms with Gasteiger partial charge in [0.15, 0.2) is 0 Å². The molecule has 2 N–H and O–H groups in total. The van der Waals surface area contributed by atoms with Crippen molar-refractivity contribution in [3.63, 3.8) is 0 Å². The highest BCUT2D eigenvalue weighted by Gasteiger charge is 2.13. The van der Waals surface area contributed by atoms with Crippen LogP contribution in [-0.4, -0.2) is 11.4 Å². The Morgan fingerprint density at radius 2 is 2.00 bits per heavy atom. The lowest BCUT2D eigenvalue weighted by Gasteiger charge is -2.07. The first kappa shape index (κ1) is 9.29. The van der Waals surface area contributed by atoms with E-state index in [9.17, 15) is 4.79 Å². The lowest BCUT2D eigenvalue weighted by Crippen LogP contribution is -2.18. The van der Waals surface area contributed by atoms with Crippen molar-refractivity contribution in [1.29, 1.82) is 0 Å². The standard InChI is InChI=1S/C9H11NOS/c1-12-9(11)8(10)7-5-3-2-4-6-7/h2-6,8H,10H2,1H3. The van der Waals surface area contributed by atoms with E-state index in [2.05, 4.69) is 0 Å². The van der Waals surface area contributed by atoms with Crippen LogP contribution in [0.4, 0.5) is 0 Å². The predicted octanol–water partition coefficient (Wildman–Crippen LogP) is 1.58. The molecule has 0 radical (unpaired) electrons. The number of thioether (sulfide) groups is 1. The number of nitrogens with two attached hydrogens (primary N) is 1. The molecule has 64 valence electrons. The van der Waals surface area contributed by atoms with E-state index < -0.39 is 6.04 Å². The van der Waals surface area contributed by atoms with Gasteiger partial charge in [-0.25, -0.2) is 0 Å². The van der Waals surface area contributed by atoms with E-state index in [1.54, 1.807) is 6.26 Å². The molecule has 1 unspecified atom stereocenters. The monoisotopic (exact) mass is 181 g/mol. The maximum absolute atomic E-state index is 11.2. The van der Waals surface area contributed by atoms with E-state index >= 15 is 0 Å². The van der Waals surface area contributed by atoms with E-state index in [-0.39, 0.29) is 5.12 Å². The van der Waals surface area contributed by atoms with Crippen LogP contribution in [0, 0.1) is 0 Å². The Balaban J connectivity index is 2.78. The number of benzene rings is 1. The Bertz CT molecular complexity index is 260. The zero-order chi connectivity index (χ0) is 8.97. The van der Waals surface area contributed by atoms with Gasteiger partial charge >= 0.3 is 0 Å². The second kappa shape index (κ2) is 4.28. The van der Waals surface area contributed by atoms with Crippen LogP contribution in [0.1, 0.15) is 11.6 Å². The number of carbonyl (C=O) groups is 1. The van der Waals surface area contributed by atoms with Crippen LogP contribution >= 0.6 is 11.8 Å². The van der Waals surface area contributed by atoms with Crippen molar-refractivity contribution in [2.75, 3.05) is 6.26 Å². The van der Waals surface area contributed by atoms with Crippen LogP contribution in [0.15, 0.2) is 30.3 Å². The van der Waals surface area contributed by atoms with Crippen LogP contribution in [0.5, 0.6) is 0 Å². The molecule has 0 spiro atoms. The number of hydrogen-bond acceptors (Lipinski definition) is 3. The second-order valence-electron chi connectivity index (χ2n) is 2.41. The highest BCUT2D eigenvalue weighted by Crippen LogP contribution is 2.15. The van der Waals surface area contributed by atoms with Gasteiger partial charge in [-0.05, 0) is 11.8 Å². The van der Waals surface area contributed by atoms with Gasteiger partial charge in [0.1, 0.15) is 0 Å². The molecule has 0 saturated carbocycles. The zero-order valence-electron chi connectivity index (χ0n) is 6.86. The normalized spacial score (nSPS) is 12.5. The molecule has 0 amide bonds. The molecule has 0 saturated heterocycles. The second-order valence-corrected chi connectivity index (χ2v) is 3.22. The molecule has 0 fully saturated rings. The maximum atomic E-state index is 11.2. The summed E-state index contributed by atoms with van der Waals surface area (Å²) in [5, 5.41) is 0.00111. The number of carbonyl (C=O) groups excluding carboxylic acids is 1. The minimum atomic E-state index is -0.485.